The van der Waals surface area contributed by atoms with E-state index >= 15 is 0 Å². The van der Waals surface area contributed by atoms with Crippen molar-refractivity contribution in [2.24, 2.45) is 0 Å². The van der Waals surface area contributed by atoms with Crippen LogP contribution >= 0.6 is 0 Å². The normalized spacial score (nSPS) is 23.9. The molecule has 1 aliphatic heterocycles. The van der Waals surface area contributed by atoms with Gasteiger partial charge in [-0.1, -0.05) is 69.6 Å². The second kappa shape index (κ2) is 23.5. The number of hydrogen-bond donors (Lipinski definition) is 4. The number of allylic oxidation sites excluding steroid dienone is 6. The molecule has 6 unspecified atom stereocenters. The van der Waals surface area contributed by atoms with Gasteiger partial charge in [-0.3, -0.25) is 9.59 Å². The van der Waals surface area contributed by atoms with Crippen LogP contribution in [0.25, 0.3) is 0 Å². The van der Waals surface area contributed by atoms with Gasteiger partial charge in [-0.2, -0.15) is 0 Å². The maximum absolute atomic E-state index is 12.4. The number of aliphatic hydroxyl groups is 4. The minimum Gasteiger partial charge on any atom is -0.462 e. The number of carbonyl (C=O) groups excluding carboxylic acids is 2. The van der Waals surface area contributed by atoms with E-state index in [1.807, 2.05) is 6.92 Å². The summed E-state index contributed by atoms with van der Waals surface area (Å²) in [4.78, 5) is 24.3. The van der Waals surface area contributed by atoms with Gasteiger partial charge in [0, 0.05) is 12.8 Å². The standard InChI is InChI=1S/C31H52O10/c1-3-5-6-7-8-9-10-11-12-13-14-15-16-17-18-20-27(34)40-24(22-38-26(33)19-4-2)23-39-31-30(37)29(36)28(35)25(21-32)41-31/h5-6,8-9,11-12,24-25,28-32,35-37H,3-4,7,10,13-23H2,1-2H3/b6-5-,9-8-,12-11-. The summed E-state index contributed by atoms with van der Waals surface area (Å²) in [7, 11) is 0. The Morgan fingerprint density at radius 3 is 2.12 bits per heavy atom. The average molecular weight is 585 g/mol. The van der Waals surface area contributed by atoms with Crippen LogP contribution in [0.5, 0.6) is 0 Å². The molecule has 10 heteroatoms. The Bertz CT molecular complexity index is 779. The van der Waals surface area contributed by atoms with Gasteiger partial charge in [0.15, 0.2) is 12.4 Å². The Labute approximate surface area is 245 Å². The van der Waals surface area contributed by atoms with Crippen molar-refractivity contribution in [2.75, 3.05) is 19.8 Å². The van der Waals surface area contributed by atoms with E-state index in [-0.39, 0.29) is 26.1 Å². The van der Waals surface area contributed by atoms with Crippen molar-refractivity contribution in [3.63, 3.8) is 0 Å². The van der Waals surface area contributed by atoms with E-state index in [9.17, 15) is 30.0 Å². The highest BCUT2D eigenvalue weighted by Gasteiger charge is 2.44. The fraction of sp³-hybridized carbons (Fsp3) is 0.742. The summed E-state index contributed by atoms with van der Waals surface area (Å²) < 4.78 is 21.5. The van der Waals surface area contributed by atoms with Crippen LogP contribution < -0.4 is 0 Å². The third-order valence-electron chi connectivity index (χ3n) is 6.51. The summed E-state index contributed by atoms with van der Waals surface area (Å²) in [6.45, 7) is 2.85. The lowest BCUT2D eigenvalue weighted by Crippen LogP contribution is -2.59. The third-order valence-corrected chi connectivity index (χ3v) is 6.51. The molecule has 6 atom stereocenters. The van der Waals surface area contributed by atoms with Crippen LogP contribution in [0.15, 0.2) is 36.5 Å². The van der Waals surface area contributed by atoms with Crippen LogP contribution in [0, 0.1) is 0 Å². The molecule has 0 aromatic carbocycles. The molecule has 0 amide bonds. The number of rotatable bonds is 22. The highest BCUT2D eigenvalue weighted by Crippen LogP contribution is 2.22. The molecule has 1 rings (SSSR count). The number of esters is 2. The minimum absolute atomic E-state index is 0.207. The molecule has 10 nitrogen and oxygen atoms in total. The molecule has 41 heavy (non-hydrogen) atoms. The Balaban J connectivity index is 2.34. The molecule has 1 saturated heterocycles. The number of hydrogen-bond acceptors (Lipinski definition) is 10. The van der Waals surface area contributed by atoms with Gasteiger partial charge < -0.3 is 39.4 Å². The van der Waals surface area contributed by atoms with Gasteiger partial charge in [0.05, 0.1) is 13.2 Å². The largest absolute Gasteiger partial charge is 0.462 e. The number of aliphatic hydroxyl groups excluding tert-OH is 4. The van der Waals surface area contributed by atoms with E-state index in [0.29, 0.717) is 12.8 Å². The molecule has 0 bridgehead atoms. The molecular weight excluding hydrogens is 532 g/mol. The van der Waals surface area contributed by atoms with Crippen LogP contribution in [0.4, 0.5) is 0 Å². The van der Waals surface area contributed by atoms with Crippen LogP contribution in [-0.2, 0) is 28.5 Å². The first-order valence-electron chi connectivity index (χ1n) is 15.1. The zero-order valence-electron chi connectivity index (χ0n) is 24.8. The molecule has 0 aromatic heterocycles. The molecule has 236 valence electrons. The van der Waals surface area contributed by atoms with Crippen LogP contribution in [-0.4, -0.2) is 89.0 Å². The summed E-state index contributed by atoms with van der Waals surface area (Å²) in [5.41, 5.74) is 0. The molecule has 0 saturated carbocycles. The fourth-order valence-corrected chi connectivity index (χ4v) is 4.12. The lowest BCUT2D eigenvalue weighted by atomic mass is 9.99. The molecule has 1 fully saturated rings. The number of unbranched alkanes of at least 4 members (excludes halogenated alkanes) is 5. The van der Waals surface area contributed by atoms with Gasteiger partial charge in [0.25, 0.3) is 0 Å². The van der Waals surface area contributed by atoms with Crippen molar-refractivity contribution in [3.05, 3.63) is 36.5 Å². The minimum atomic E-state index is -1.59. The van der Waals surface area contributed by atoms with Crippen LogP contribution in [0.2, 0.25) is 0 Å². The summed E-state index contributed by atoms with van der Waals surface area (Å²) in [5, 5.41) is 39.4. The first-order valence-corrected chi connectivity index (χ1v) is 15.1. The highest BCUT2D eigenvalue weighted by atomic mass is 16.7. The SMILES string of the molecule is CC/C=C\C/C=C\C/C=C\CCCCCCCC(=O)OC(COC(=O)CCC)COC1OC(CO)C(O)C(O)C1O. The number of ether oxygens (including phenoxy) is 4. The molecule has 0 radical (unpaired) electrons. The first kappa shape index (κ1) is 36.9. The quantitative estimate of drug-likeness (QED) is 0.0843. The zero-order chi connectivity index (χ0) is 30.3. The van der Waals surface area contributed by atoms with Crippen molar-refractivity contribution in [1.29, 1.82) is 0 Å². The summed E-state index contributed by atoms with van der Waals surface area (Å²) >= 11 is 0. The second-order valence-corrected chi connectivity index (χ2v) is 10.2. The van der Waals surface area contributed by atoms with Crippen molar-refractivity contribution >= 4 is 11.9 Å². The summed E-state index contributed by atoms with van der Waals surface area (Å²) in [5.74, 6) is -0.896. The lowest BCUT2D eigenvalue weighted by molar-refractivity contribution is -0.305. The molecule has 1 heterocycles. The van der Waals surface area contributed by atoms with Crippen LogP contribution in [0.3, 0.4) is 0 Å². The lowest BCUT2D eigenvalue weighted by Gasteiger charge is -2.39. The van der Waals surface area contributed by atoms with E-state index < -0.39 is 55.4 Å². The maximum Gasteiger partial charge on any atom is 0.306 e. The molecule has 0 aliphatic carbocycles. The van der Waals surface area contributed by atoms with E-state index in [0.717, 1.165) is 51.4 Å². The zero-order valence-corrected chi connectivity index (χ0v) is 24.8. The number of carbonyl (C=O) groups is 2. The van der Waals surface area contributed by atoms with Crippen molar-refractivity contribution in [2.45, 2.75) is 128 Å². The predicted octanol–water partition coefficient (Wildman–Crippen LogP) is 3.65. The van der Waals surface area contributed by atoms with E-state index in [4.69, 9.17) is 18.9 Å². The van der Waals surface area contributed by atoms with E-state index in [1.165, 1.54) is 0 Å². The van der Waals surface area contributed by atoms with E-state index in [1.54, 1.807) is 0 Å². The predicted molar refractivity (Wildman–Crippen MR) is 155 cm³/mol. The van der Waals surface area contributed by atoms with Crippen molar-refractivity contribution < 1.29 is 49.0 Å². The van der Waals surface area contributed by atoms with E-state index in [2.05, 4.69) is 43.4 Å². The van der Waals surface area contributed by atoms with Gasteiger partial charge >= 0.3 is 11.9 Å². The van der Waals surface area contributed by atoms with Gasteiger partial charge in [-0.25, -0.2) is 0 Å². The topological polar surface area (TPSA) is 152 Å². The Hall–Kier alpha value is -2.08. The monoisotopic (exact) mass is 584 g/mol. The fourth-order valence-electron chi connectivity index (χ4n) is 4.12. The summed E-state index contributed by atoms with van der Waals surface area (Å²) in [6.07, 6.45) is 14.8. The van der Waals surface area contributed by atoms with Crippen molar-refractivity contribution in [3.8, 4) is 0 Å². The maximum atomic E-state index is 12.4. The molecule has 1 aliphatic rings. The Morgan fingerprint density at radius 1 is 0.780 bits per heavy atom. The molecule has 0 aromatic rings. The second-order valence-electron chi connectivity index (χ2n) is 10.2. The Morgan fingerprint density at radius 2 is 1.44 bits per heavy atom. The highest BCUT2D eigenvalue weighted by molar-refractivity contribution is 5.70. The molecule has 0 spiro atoms. The third kappa shape index (κ3) is 16.8. The first-order chi connectivity index (χ1) is 19.8. The van der Waals surface area contributed by atoms with Gasteiger partial charge in [-0.05, 0) is 44.9 Å². The summed E-state index contributed by atoms with van der Waals surface area (Å²) in [6, 6.07) is 0. The van der Waals surface area contributed by atoms with Crippen molar-refractivity contribution in [1.82, 2.24) is 0 Å². The van der Waals surface area contributed by atoms with Gasteiger partial charge in [0.1, 0.15) is 31.0 Å². The molecule has 4 N–H and O–H groups in total. The van der Waals surface area contributed by atoms with Crippen LogP contribution in [0.1, 0.15) is 90.9 Å². The molecular formula is C31H52O10. The Kier molecular flexibility index (Phi) is 21.2. The van der Waals surface area contributed by atoms with Gasteiger partial charge in [0.2, 0.25) is 0 Å². The average Bonchev–Trinajstić information content (AvgIpc) is 2.96. The van der Waals surface area contributed by atoms with Gasteiger partial charge in [-0.15, -0.1) is 0 Å². The smallest absolute Gasteiger partial charge is 0.306 e.